The van der Waals surface area contributed by atoms with Gasteiger partial charge in [0.2, 0.25) is 0 Å². The summed E-state index contributed by atoms with van der Waals surface area (Å²) in [4.78, 5) is 17.3. The summed E-state index contributed by atoms with van der Waals surface area (Å²) in [5, 5.41) is 23.6. The van der Waals surface area contributed by atoms with Crippen LogP contribution in [-0.4, -0.2) is 52.1 Å². The van der Waals surface area contributed by atoms with Gasteiger partial charge in [-0.1, -0.05) is 19.6 Å². The van der Waals surface area contributed by atoms with Crippen LogP contribution in [0.1, 0.15) is 33.3 Å². The molecule has 180 valence electrons. The smallest absolute Gasteiger partial charge is 0.261 e. The molecule has 1 amide bonds. The molecule has 0 saturated carbocycles. The van der Waals surface area contributed by atoms with Crippen molar-refractivity contribution in [1.29, 1.82) is 5.26 Å². The Kier molecular flexibility index (Phi) is 6.95. The van der Waals surface area contributed by atoms with Crippen molar-refractivity contribution in [2.75, 3.05) is 18.7 Å². The molecule has 2 N–H and O–H groups in total. The van der Waals surface area contributed by atoms with E-state index in [0.29, 0.717) is 46.6 Å². The first-order valence-electron chi connectivity index (χ1n) is 11.1. The van der Waals surface area contributed by atoms with E-state index in [1.165, 1.54) is 6.20 Å². The molecule has 4 rings (SSSR count). The monoisotopic (exact) mass is 489 g/mol. The lowest BCUT2D eigenvalue weighted by Gasteiger charge is -2.25. The number of hydrogen-bond donors (Lipinski definition) is 2. The Hall–Kier alpha value is -4.01. The highest BCUT2D eigenvalue weighted by Crippen LogP contribution is 2.33. The van der Waals surface area contributed by atoms with Crippen LogP contribution in [0.25, 0.3) is 5.65 Å². The van der Waals surface area contributed by atoms with E-state index in [1.807, 2.05) is 0 Å². The van der Waals surface area contributed by atoms with Crippen molar-refractivity contribution < 1.29 is 14.3 Å². The van der Waals surface area contributed by atoms with Crippen LogP contribution in [0.3, 0.4) is 0 Å². The molecule has 0 aliphatic heterocycles. The SMILES string of the molecule is COc1ccc(C#N)cc1C(Cc1[nH]ncc1NC(=O)c1cnn2cccnc12)OC[Si](C)(C)C. The number of H-pyrrole nitrogens is 1. The van der Waals surface area contributed by atoms with E-state index in [-0.39, 0.29) is 5.91 Å². The zero-order chi connectivity index (χ0) is 25.0. The number of rotatable bonds is 9. The lowest BCUT2D eigenvalue weighted by atomic mass is 10.0. The first-order chi connectivity index (χ1) is 16.8. The van der Waals surface area contributed by atoms with Crippen LogP contribution in [0.4, 0.5) is 5.69 Å². The van der Waals surface area contributed by atoms with E-state index in [4.69, 9.17) is 9.47 Å². The maximum atomic E-state index is 13.0. The molecule has 1 atom stereocenters. The van der Waals surface area contributed by atoms with Crippen molar-refractivity contribution in [3.8, 4) is 11.8 Å². The van der Waals surface area contributed by atoms with Crippen molar-refractivity contribution in [1.82, 2.24) is 24.8 Å². The van der Waals surface area contributed by atoms with Crippen molar-refractivity contribution >= 4 is 25.3 Å². The van der Waals surface area contributed by atoms with Gasteiger partial charge in [0.1, 0.15) is 11.3 Å². The van der Waals surface area contributed by atoms with E-state index >= 15 is 0 Å². The van der Waals surface area contributed by atoms with Gasteiger partial charge >= 0.3 is 0 Å². The van der Waals surface area contributed by atoms with Crippen LogP contribution in [0, 0.1) is 11.3 Å². The van der Waals surface area contributed by atoms with Crippen LogP contribution >= 0.6 is 0 Å². The highest BCUT2D eigenvalue weighted by atomic mass is 28.3. The number of aromatic nitrogens is 5. The number of amides is 1. The van der Waals surface area contributed by atoms with Crippen molar-refractivity contribution in [2.24, 2.45) is 0 Å². The summed E-state index contributed by atoms with van der Waals surface area (Å²) in [5.74, 6) is 0.289. The minimum absolute atomic E-state index is 0.343. The van der Waals surface area contributed by atoms with Crippen molar-refractivity contribution in [3.05, 3.63) is 71.4 Å². The second-order valence-electron chi connectivity index (χ2n) is 9.30. The fraction of sp³-hybridized carbons (Fsp3) is 0.292. The minimum Gasteiger partial charge on any atom is -0.496 e. The highest BCUT2D eigenvalue weighted by molar-refractivity contribution is 6.76. The van der Waals surface area contributed by atoms with Gasteiger partial charge in [0, 0.05) is 30.6 Å². The Morgan fingerprint density at radius 2 is 2.14 bits per heavy atom. The van der Waals surface area contributed by atoms with E-state index in [2.05, 4.69) is 51.3 Å². The molecule has 0 aliphatic rings. The number of nitrogens with zero attached hydrogens (tertiary/aromatic N) is 5. The molecule has 1 aromatic carbocycles. The van der Waals surface area contributed by atoms with Crippen LogP contribution in [0.15, 0.2) is 49.1 Å². The zero-order valence-corrected chi connectivity index (χ0v) is 21.1. The second kappa shape index (κ2) is 10.1. The van der Waals surface area contributed by atoms with Crippen molar-refractivity contribution in [3.63, 3.8) is 0 Å². The lowest BCUT2D eigenvalue weighted by Crippen LogP contribution is -2.30. The summed E-state index contributed by atoms with van der Waals surface area (Å²) < 4.78 is 13.5. The molecular weight excluding hydrogens is 462 g/mol. The number of ether oxygens (including phenoxy) is 2. The van der Waals surface area contributed by atoms with Gasteiger partial charge in [-0.25, -0.2) is 9.50 Å². The molecule has 3 heterocycles. The molecule has 10 nitrogen and oxygen atoms in total. The minimum atomic E-state index is -1.55. The van der Waals surface area contributed by atoms with Gasteiger partial charge < -0.3 is 14.8 Å². The van der Waals surface area contributed by atoms with Gasteiger partial charge in [0.15, 0.2) is 5.65 Å². The molecule has 1 unspecified atom stereocenters. The molecule has 0 aliphatic carbocycles. The lowest BCUT2D eigenvalue weighted by molar-refractivity contribution is 0.0801. The molecule has 11 heteroatoms. The molecule has 35 heavy (non-hydrogen) atoms. The Bertz CT molecular complexity index is 1380. The average Bonchev–Trinajstić information content (AvgIpc) is 3.47. The highest BCUT2D eigenvalue weighted by Gasteiger charge is 2.25. The molecule has 0 fully saturated rings. The normalized spacial score (nSPS) is 12.3. The number of nitriles is 1. The predicted octanol–water partition coefficient (Wildman–Crippen LogP) is 3.76. The first kappa shape index (κ1) is 24.1. The van der Waals surface area contributed by atoms with E-state index in [1.54, 1.807) is 54.5 Å². The number of carbonyl (C=O) groups is 1. The van der Waals surface area contributed by atoms with Gasteiger partial charge in [-0.05, 0) is 24.3 Å². The Labute approximate surface area is 203 Å². The summed E-state index contributed by atoms with van der Waals surface area (Å²) in [6.07, 6.45) is 6.96. The van der Waals surface area contributed by atoms with E-state index in [9.17, 15) is 10.1 Å². The first-order valence-corrected chi connectivity index (χ1v) is 14.8. The van der Waals surface area contributed by atoms with Gasteiger partial charge in [-0.2, -0.15) is 15.5 Å². The van der Waals surface area contributed by atoms with Gasteiger partial charge in [0.25, 0.3) is 5.91 Å². The molecular formula is C24H27N7O3Si. The van der Waals surface area contributed by atoms with Crippen LogP contribution < -0.4 is 10.1 Å². The Morgan fingerprint density at radius 3 is 2.89 bits per heavy atom. The largest absolute Gasteiger partial charge is 0.496 e. The summed E-state index contributed by atoms with van der Waals surface area (Å²) in [6, 6.07) is 9.19. The summed E-state index contributed by atoms with van der Waals surface area (Å²) in [6.45, 7) is 6.66. The number of hydrogen-bond acceptors (Lipinski definition) is 7. The molecule has 0 saturated heterocycles. The van der Waals surface area contributed by atoms with Crippen molar-refractivity contribution in [2.45, 2.75) is 32.2 Å². The van der Waals surface area contributed by atoms with Crippen LogP contribution in [0.2, 0.25) is 19.6 Å². The van der Waals surface area contributed by atoms with Gasteiger partial charge in [-0.15, -0.1) is 0 Å². The summed E-state index contributed by atoms with van der Waals surface area (Å²) in [5.41, 5.74) is 3.32. The fourth-order valence-electron chi connectivity index (χ4n) is 3.60. The average molecular weight is 490 g/mol. The number of benzene rings is 1. The maximum Gasteiger partial charge on any atom is 0.261 e. The number of carbonyl (C=O) groups excluding carboxylic acids is 1. The molecule has 0 bridgehead atoms. The molecule has 4 aromatic rings. The third-order valence-electron chi connectivity index (χ3n) is 5.30. The van der Waals surface area contributed by atoms with Crippen LogP contribution in [0.5, 0.6) is 5.75 Å². The molecule has 0 spiro atoms. The van der Waals surface area contributed by atoms with E-state index < -0.39 is 14.2 Å². The Balaban J connectivity index is 1.62. The second-order valence-corrected chi connectivity index (χ2v) is 14.7. The van der Waals surface area contributed by atoms with Gasteiger partial charge in [-0.3, -0.25) is 9.89 Å². The summed E-state index contributed by atoms with van der Waals surface area (Å²) >= 11 is 0. The van der Waals surface area contributed by atoms with Gasteiger partial charge in [0.05, 0.1) is 56.7 Å². The predicted molar refractivity (Wildman–Crippen MR) is 133 cm³/mol. The topological polar surface area (TPSA) is 130 Å². The zero-order valence-electron chi connectivity index (χ0n) is 20.1. The Morgan fingerprint density at radius 1 is 1.31 bits per heavy atom. The van der Waals surface area contributed by atoms with E-state index in [0.717, 1.165) is 5.56 Å². The summed E-state index contributed by atoms with van der Waals surface area (Å²) in [7, 11) is 0.0443. The maximum absolute atomic E-state index is 13.0. The number of nitrogens with one attached hydrogen (secondary N) is 2. The standard InChI is InChI=1S/C24H27N7O3Si/c1-33-21-7-6-16(12-25)10-17(21)22(34-15-35(2,3)4)11-19-20(14-27-30-19)29-24(32)18-13-28-31-9-5-8-26-23(18)31/h5-10,13-14,22H,11,15H2,1-4H3,(H,27,30)(H,29,32). The quantitative estimate of drug-likeness (QED) is 0.342. The number of anilines is 1. The third kappa shape index (κ3) is 5.56. The third-order valence-corrected chi connectivity index (χ3v) is 6.34. The molecule has 0 radical (unpaired) electrons. The number of methoxy groups -OCH3 is 1. The van der Waals surface area contributed by atoms with Crippen LogP contribution in [-0.2, 0) is 11.2 Å². The fourth-order valence-corrected chi connectivity index (χ4v) is 4.30. The number of fused-ring (bicyclic) bond motifs is 1. The molecule has 3 aromatic heterocycles. The number of aromatic amines is 1.